The van der Waals surface area contributed by atoms with Crippen molar-refractivity contribution in [2.24, 2.45) is 0 Å². The van der Waals surface area contributed by atoms with Crippen molar-refractivity contribution in [2.45, 2.75) is 46.3 Å². The van der Waals surface area contributed by atoms with Crippen molar-refractivity contribution in [3.05, 3.63) is 0 Å². The zero-order chi connectivity index (χ0) is 9.78. The van der Waals surface area contributed by atoms with Crippen LogP contribution in [0.1, 0.15) is 34.1 Å². The van der Waals surface area contributed by atoms with Gasteiger partial charge in [-0.2, -0.15) is 0 Å². The predicted molar refractivity (Wildman–Crippen MR) is 60.3 cm³/mol. The second-order valence-electron chi connectivity index (χ2n) is 2.95. The molecule has 0 spiro atoms. The second-order valence-corrected chi connectivity index (χ2v) is 8.14. The first-order chi connectivity index (χ1) is 5.37. The van der Waals surface area contributed by atoms with E-state index in [0.29, 0.717) is 0 Å². The summed E-state index contributed by atoms with van der Waals surface area (Å²) in [5.74, 6) is 0. The van der Waals surface area contributed by atoms with Gasteiger partial charge in [-0.1, -0.05) is 19.2 Å². The Bertz CT molecular complexity index is 173. The van der Waals surface area contributed by atoms with Crippen molar-refractivity contribution in [1.82, 2.24) is 0 Å². The maximum absolute atomic E-state index is 5.47. The first kappa shape index (κ1) is 12.9. The largest absolute Gasteiger partial charge is 0.319 e. The van der Waals surface area contributed by atoms with E-state index in [1.54, 1.807) is 0 Å². The van der Waals surface area contributed by atoms with Crippen molar-refractivity contribution in [2.75, 3.05) is 0 Å². The molecule has 2 unspecified atom stereocenters. The first-order valence-corrected chi connectivity index (χ1v) is 7.86. The molecule has 0 aromatic heterocycles. The van der Waals surface area contributed by atoms with E-state index in [-0.39, 0.29) is 12.2 Å². The summed E-state index contributed by atoms with van der Waals surface area (Å²) < 4.78 is 10.8. The highest BCUT2D eigenvalue weighted by Crippen LogP contribution is 2.55. The summed E-state index contributed by atoms with van der Waals surface area (Å²) in [4.78, 5) is 0. The molecule has 0 aliphatic carbocycles. The van der Waals surface area contributed by atoms with Crippen molar-refractivity contribution in [3.8, 4) is 0 Å². The van der Waals surface area contributed by atoms with Crippen LogP contribution in [-0.2, 0) is 20.9 Å². The van der Waals surface area contributed by atoms with Gasteiger partial charge >= 0.3 is 0 Å². The molecule has 0 fully saturated rings. The van der Waals surface area contributed by atoms with Crippen LogP contribution in [0.25, 0.3) is 0 Å². The zero-order valence-electron chi connectivity index (χ0n) is 7.98. The van der Waals surface area contributed by atoms with Crippen LogP contribution in [0.4, 0.5) is 0 Å². The Hall–Kier alpha value is 0.920. The predicted octanol–water partition coefficient (Wildman–Crippen LogP) is 3.38. The lowest BCUT2D eigenvalue weighted by Gasteiger charge is -2.22. The highest BCUT2D eigenvalue weighted by molar-refractivity contribution is 8.60. The van der Waals surface area contributed by atoms with Crippen LogP contribution in [0.3, 0.4) is 0 Å². The van der Waals surface area contributed by atoms with Gasteiger partial charge in [0.1, 0.15) is 0 Å². The molecule has 0 aliphatic rings. The van der Waals surface area contributed by atoms with Gasteiger partial charge in [0.05, 0.1) is 12.2 Å². The molecule has 0 amide bonds. The first-order valence-electron chi connectivity index (χ1n) is 4.07. The lowest BCUT2D eigenvalue weighted by molar-refractivity contribution is 0.174. The van der Waals surface area contributed by atoms with Crippen LogP contribution >= 0.6 is 17.9 Å². The van der Waals surface area contributed by atoms with E-state index in [4.69, 9.17) is 20.9 Å². The third kappa shape index (κ3) is 6.44. The van der Waals surface area contributed by atoms with E-state index in [2.05, 4.69) is 12.2 Å². The Labute approximate surface area is 85.4 Å². The molecule has 5 heteroatoms. The second kappa shape index (κ2) is 5.61. The molecular formula is C7H17O2PS2. The van der Waals surface area contributed by atoms with Crippen molar-refractivity contribution in [3.63, 3.8) is 0 Å². The summed E-state index contributed by atoms with van der Waals surface area (Å²) in [6.45, 7) is 7.87. The fourth-order valence-electron chi connectivity index (χ4n) is 0.593. The standard InChI is InChI=1S/C7H17O2PS2/c1-5-7(4)9-10(11,12)8-6(2)3/h6-7H,5H2,1-4H3,(H,11,12). The molecule has 0 saturated heterocycles. The minimum atomic E-state index is -2.29. The van der Waals surface area contributed by atoms with Gasteiger partial charge in [0.25, 0.3) is 0 Å². The molecule has 2 nitrogen and oxygen atoms in total. The van der Waals surface area contributed by atoms with Gasteiger partial charge in [-0.3, -0.25) is 0 Å². The molecular weight excluding hydrogens is 211 g/mol. The van der Waals surface area contributed by atoms with Crippen LogP contribution in [-0.4, -0.2) is 12.2 Å². The average molecular weight is 228 g/mol. The molecule has 0 aromatic rings. The maximum Gasteiger partial charge on any atom is 0.244 e. The Morgan fingerprint density at radius 3 is 2.17 bits per heavy atom. The van der Waals surface area contributed by atoms with E-state index in [9.17, 15) is 0 Å². The summed E-state index contributed by atoms with van der Waals surface area (Å²) >= 11 is 9.29. The van der Waals surface area contributed by atoms with Gasteiger partial charge in [0.15, 0.2) is 0 Å². The van der Waals surface area contributed by atoms with Crippen molar-refractivity contribution >= 4 is 29.7 Å². The van der Waals surface area contributed by atoms with Crippen LogP contribution in [0, 0.1) is 0 Å². The Morgan fingerprint density at radius 2 is 1.83 bits per heavy atom. The molecule has 0 heterocycles. The molecule has 12 heavy (non-hydrogen) atoms. The number of rotatable bonds is 5. The third-order valence-electron chi connectivity index (χ3n) is 1.23. The van der Waals surface area contributed by atoms with Crippen LogP contribution < -0.4 is 0 Å². The molecule has 0 bridgehead atoms. The summed E-state index contributed by atoms with van der Waals surface area (Å²) in [6.07, 6.45) is 1.14. The van der Waals surface area contributed by atoms with E-state index < -0.39 is 5.69 Å². The van der Waals surface area contributed by atoms with Gasteiger partial charge in [-0.25, -0.2) is 0 Å². The molecule has 0 aliphatic heterocycles. The minimum absolute atomic E-state index is 0.0809. The summed E-state index contributed by atoms with van der Waals surface area (Å²) in [5, 5.41) is 0. The maximum atomic E-state index is 5.47. The SMILES string of the molecule is CCC(C)OP(=S)(S)OC(C)C. The van der Waals surface area contributed by atoms with Gasteiger partial charge < -0.3 is 9.05 Å². The number of hydrogen-bond donors (Lipinski definition) is 1. The molecule has 0 saturated carbocycles. The summed E-state index contributed by atoms with van der Waals surface area (Å²) in [5.41, 5.74) is -2.29. The lowest BCUT2D eigenvalue weighted by Crippen LogP contribution is -2.06. The molecule has 0 N–H and O–H groups in total. The van der Waals surface area contributed by atoms with Gasteiger partial charge in [0, 0.05) is 0 Å². The fourth-order valence-corrected chi connectivity index (χ4v) is 3.79. The molecule has 0 aromatic carbocycles. The summed E-state index contributed by atoms with van der Waals surface area (Å²) in [6, 6.07) is 0. The number of thiol groups is 1. The van der Waals surface area contributed by atoms with Crippen LogP contribution in [0.15, 0.2) is 0 Å². The minimum Gasteiger partial charge on any atom is -0.319 e. The van der Waals surface area contributed by atoms with Crippen molar-refractivity contribution < 1.29 is 9.05 Å². The molecule has 2 atom stereocenters. The zero-order valence-corrected chi connectivity index (χ0v) is 10.6. The van der Waals surface area contributed by atoms with Crippen LogP contribution in [0.2, 0.25) is 0 Å². The molecule has 0 radical (unpaired) electrons. The van der Waals surface area contributed by atoms with E-state index in [0.717, 1.165) is 6.42 Å². The third-order valence-corrected chi connectivity index (χ3v) is 3.63. The quantitative estimate of drug-likeness (QED) is 0.575. The van der Waals surface area contributed by atoms with E-state index >= 15 is 0 Å². The topological polar surface area (TPSA) is 18.5 Å². The average Bonchev–Trinajstić information content (AvgIpc) is 1.83. The monoisotopic (exact) mass is 228 g/mol. The van der Waals surface area contributed by atoms with E-state index in [1.165, 1.54) is 0 Å². The van der Waals surface area contributed by atoms with Crippen LogP contribution in [0.5, 0.6) is 0 Å². The Morgan fingerprint density at radius 1 is 1.33 bits per heavy atom. The van der Waals surface area contributed by atoms with Crippen molar-refractivity contribution in [1.29, 1.82) is 0 Å². The number of hydrogen-bond acceptors (Lipinski definition) is 3. The Kier molecular flexibility index (Phi) is 6.04. The highest BCUT2D eigenvalue weighted by atomic mass is 32.9. The lowest BCUT2D eigenvalue weighted by atomic mass is 10.3. The fraction of sp³-hybridized carbons (Fsp3) is 1.00. The van der Waals surface area contributed by atoms with E-state index in [1.807, 2.05) is 27.7 Å². The van der Waals surface area contributed by atoms with Gasteiger partial charge in [-0.05, 0) is 39.0 Å². The molecule has 0 rings (SSSR count). The highest BCUT2D eigenvalue weighted by Gasteiger charge is 2.17. The Balaban J connectivity index is 3.95. The van der Waals surface area contributed by atoms with Gasteiger partial charge in [0.2, 0.25) is 5.69 Å². The van der Waals surface area contributed by atoms with Gasteiger partial charge in [-0.15, -0.1) is 0 Å². The molecule has 74 valence electrons. The normalized spacial score (nSPS) is 19.2. The smallest absolute Gasteiger partial charge is 0.244 e. The summed E-state index contributed by atoms with van der Waals surface area (Å²) in [7, 11) is 0.